The molecule has 0 saturated heterocycles. The Balaban J connectivity index is 3.09. The van der Waals surface area contributed by atoms with Gasteiger partial charge in [-0.25, -0.2) is 0 Å². The predicted molar refractivity (Wildman–Crippen MR) is 62.5 cm³/mol. The number of hydrogen-bond acceptors (Lipinski definition) is 2. The van der Waals surface area contributed by atoms with E-state index < -0.39 is 0 Å². The van der Waals surface area contributed by atoms with Crippen molar-refractivity contribution in [2.45, 2.75) is 27.2 Å². The van der Waals surface area contributed by atoms with Gasteiger partial charge in [0, 0.05) is 11.6 Å². The smallest absolute Gasteiger partial charge is 0.126 e. The first-order valence-electron chi connectivity index (χ1n) is 5.04. The standard InChI is InChI=1S/C13H18O2/c1-9(2)5-6-12-10(3)7-11(14)8-13(12)15-4/h5,7-8,14H,6H2,1-4H3. The van der Waals surface area contributed by atoms with Crippen LogP contribution in [0.4, 0.5) is 0 Å². The molecule has 0 aliphatic heterocycles. The number of aryl methyl sites for hydroxylation is 1. The third-order valence-corrected chi connectivity index (χ3v) is 2.35. The van der Waals surface area contributed by atoms with E-state index in [1.54, 1.807) is 19.2 Å². The minimum Gasteiger partial charge on any atom is -0.508 e. The molecule has 1 N–H and O–H groups in total. The Kier molecular flexibility index (Phi) is 3.78. The summed E-state index contributed by atoms with van der Waals surface area (Å²) in [5.41, 5.74) is 3.48. The number of aromatic hydroxyl groups is 1. The van der Waals surface area contributed by atoms with Gasteiger partial charge in [-0.2, -0.15) is 0 Å². The van der Waals surface area contributed by atoms with Crippen LogP contribution in [-0.4, -0.2) is 12.2 Å². The number of phenolic OH excluding ortho intramolecular Hbond substituents is 1. The highest BCUT2D eigenvalue weighted by Gasteiger charge is 2.07. The van der Waals surface area contributed by atoms with Gasteiger partial charge in [-0.1, -0.05) is 11.6 Å². The molecule has 1 aromatic carbocycles. The summed E-state index contributed by atoms with van der Waals surface area (Å²) in [4.78, 5) is 0. The molecule has 0 saturated carbocycles. The fraction of sp³-hybridized carbons (Fsp3) is 0.385. The fourth-order valence-electron chi connectivity index (χ4n) is 1.52. The van der Waals surface area contributed by atoms with Gasteiger partial charge in [0.25, 0.3) is 0 Å². The average Bonchev–Trinajstić information content (AvgIpc) is 2.14. The van der Waals surface area contributed by atoms with Crippen LogP contribution < -0.4 is 4.74 Å². The molecular formula is C13H18O2. The maximum absolute atomic E-state index is 9.43. The van der Waals surface area contributed by atoms with E-state index in [1.165, 1.54) is 5.57 Å². The van der Waals surface area contributed by atoms with Crippen molar-refractivity contribution >= 4 is 0 Å². The van der Waals surface area contributed by atoms with E-state index in [1.807, 2.05) is 6.92 Å². The van der Waals surface area contributed by atoms with E-state index in [0.29, 0.717) is 0 Å². The van der Waals surface area contributed by atoms with Gasteiger partial charge in [-0.15, -0.1) is 0 Å². The molecule has 0 radical (unpaired) electrons. The fourth-order valence-corrected chi connectivity index (χ4v) is 1.52. The second-order valence-corrected chi connectivity index (χ2v) is 3.93. The monoisotopic (exact) mass is 206 g/mol. The molecule has 0 bridgehead atoms. The molecule has 0 heterocycles. The Morgan fingerprint density at radius 2 is 2.07 bits per heavy atom. The second kappa shape index (κ2) is 4.87. The van der Waals surface area contributed by atoms with Gasteiger partial charge in [0.1, 0.15) is 11.5 Å². The molecule has 0 spiro atoms. The van der Waals surface area contributed by atoms with Gasteiger partial charge in [-0.05, 0) is 38.8 Å². The lowest BCUT2D eigenvalue weighted by Gasteiger charge is -2.10. The first-order valence-corrected chi connectivity index (χ1v) is 5.04. The third-order valence-electron chi connectivity index (χ3n) is 2.35. The Labute approximate surface area is 91.2 Å². The number of methoxy groups -OCH3 is 1. The topological polar surface area (TPSA) is 29.5 Å². The summed E-state index contributed by atoms with van der Waals surface area (Å²) >= 11 is 0. The Morgan fingerprint density at radius 3 is 2.60 bits per heavy atom. The van der Waals surface area contributed by atoms with Crippen molar-refractivity contribution in [3.63, 3.8) is 0 Å². The summed E-state index contributed by atoms with van der Waals surface area (Å²) in [6.45, 7) is 6.13. The zero-order valence-electron chi connectivity index (χ0n) is 9.79. The van der Waals surface area contributed by atoms with E-state index in [4.69, 9.17) is 4.74 Å². The molecule has 0 fully saturated rings. The first kappa shape index (κ1) is 11.6. The van der Waals surface area contributed by atoms with E-state index in [0.717, 1.165) is 23.3 Å². The summed E-state index contributed by atoms with van der Waals surface area (Å²) in [5, 5.41) is 9.43. The lowest BCUT2D eigenvalue weighted by molar-refractivity contribution is 0.403. The van der Waals surface area contributed by atoms with E-state index in [2.05, 4.69) is 19.9 Å². The summed E-state index contributed by atoms with van der Waals surface area (Å²) in [6, 6.07) is 3.41. The number of allylic oxidation sites excluding steroid dienone is 2. The quantitative estimate of drug-likeness (QED) is 0.769. The molecule has 0 aliphatic rings. The predicted octanol–water partition coefficient (Wildman–Crippen LogP) is 3.22. The largest absolute Gasteiger partial charge is 0.508 e. The van der Waals surface area contributed by atoms with E-state index in [-0.39, 0.29) is 5.75 Å². The molecule has 1 aromatic rings. The first-order chi connectivity index (χ1) is 7.04. The van der Waals surface area contributed by atoms with Gasteiger partial charge in [0.05, 0.1) is 7.11 Å². The molecular weight excluding hydrogens is 188 g/mol. The number of rotatable bonds is 3. The lowest BCUT2D eigenvalue weighted by Crippen LogP contribution is -1.94. The maximum atomic E-state index is 9.43. The van der Waals surface area contributed by atoms with Crippen LogP contribution >= 0.6 is 0 Å². The van der Waals surface area contributed by atoms with Crippen molar-refractivity contribution in [3.05, 3.63) is 34.9 Å². The summed E-state index contributed by atoms with van der Waals surface area (Å²) < 4.78 is 5.25. The molecule has 0 atom stereocenters. The van der Waals surface area contributed by atoms with Crippen molar-refractivity contribution in [2.24, 2.45) is 0 Å². The number of hydrogen-bond donors (Lipinski definition) is 1. The summed E-state index contributed by atoms with van der Waals surface area (Å²) in [7, 11) is 1.63. The normalized spacial score (nSPS) is 9.87. The van der Waals surface area contributed by atoms with Gasteiger partial charge in [0.15, 0.2) is 0 Å². The van der Waals surface area contributed by atoms with Crippen LogP contribution in [0.25, 0.3) is 0 Å². The molecule has 2 heteroatoms. The minimum atomic E-state index is 0.255. The molecule has 15 heavy (non-hydrogen) atoms. The highest BCUT2D eigenvalue weighted by Crippen LogP contribution is 2.28. The number of phenols is 1. The van der Waals surface area contributed by atoms with Gasteiger partial charge < -0.3 is 9.84 Å². The highest BCUT2D eigenvalue weighted by atomic mass is 16.5. The number of benzene rings is 1. The van der Waals surface area contributed by atoms with Crippen LogP contribution in [0.2, 0.25) is 0 Å². The van der Waals surface area contributed by atoms with Crippen molar-refractivity contribution in [1.82, 2.24) is 0 Å². The highest BCUT2D eigenvalue weighted by molar-refractivity contribution is 5.46. The van der Waals surface area contributed by atoms with Crippen molar-refractivity contribution in [1.29, 1.82) is 0 Å². The molecule has 82 valence electrons. The molecule has 0 amide bonds. The van der Waals surface area contributed by atoms with Crippen molar-refractivity contribution < 1.29 is 9.84 Å². The Morgan fingerprint density at radius 1 is 1.40 bits per heavy atom. The average molecular weight is 206 g/mol. The van der Waals surface area contributed by atoms with Gasteiger partial charge in [-0.3, -0.25) is 0 Å². The van der Waals surface area contributed by atoms with E-state index in [9.17, 15) is 5.11 Å². The second-order valence-electron chi connectivity index (χ2n) is 3.93. The molecule has 0 unspecified atom stereocenters. The van der Waals surface area contributed by atoms with Crippen LogP contribution in [0.15, 0.2) is 23.8 Å². The Hall–Kier alpha value is -1.44. The minimum absolute atomic E-state index is 0.255. The molecule has 2 nitrogen and oxygen atoms in total. The zero-order chi connectivity index (χ0) is 11.4. The number of ether oxygens (including phenoxy) is 1. The van der Waals surface area contributed by atoms with Crippen LogP contribution in [-0.2, 0) is 6.42 Å². The van der Waals surface area contributed by atoms with Crippen molar-refractivity contribution in [2.75, 3.05) is 7.11 Å². The Bertz CT molecular complexity index is 374. The van der Waals surface area contributed by atoms with Gasteiger partial charge >= 0.3 is 0 Å². The third kappa shape index (κ3) is 3.01. The van der Waals surface area contributed by atoms with Crippen molar-refractivity contribution in [3.8, 4) is 11.5 Å². The SMILES string of the molecule is COc1cc(O)cc(C)c1CC=C(C)C. The zero-order valence-corrected chi connectivity index (χ0v) is 9.79. The molecule has 1 rings (SSSR count). The molecule has 0 aromatic heterocycles. The summed E-state index contributed by atoms with van der Waals surface area (Å²) in [6.07, 6.45) is 3.00. The van der Waals surface area contributed by atoms with E-state index >= 15 is 0 Å². The van der Waals surface area contributed by atoms with Crippen LogP contribution in [0.1, 0.15) is 25.0 Å². The van der Waals surface area contributed by atoms with Crippen LogP contribution in [0.5, 0.6) is 11.5 Å². The van der Waals surface area contributed by atoms with Crippen LogP contribution in [0.3, 0.4) is 0 Å². The maximum Gasteiger partial charge on any atom is 0.126 e. The summed E-state index contributed by atoms with van der Waals surface area (Å²) in [5.74, 6) is 1.01. The van der Waals surface area contributed by atoms with Gasteiger partial charge in [0.2, 0.25) is 0 Å². The molecule has 0 aliphatic carbocycles. The van der Waals surface area contributed by atoms with Crippen LogP contribution in [0, 0.1) is 6.92 Å². The lowest BCUT2D eigenvalue weighted by atomic mass is 10.0.